The van der Waals surface area contributed by atoms with E-state index in [0.717, 1.165) is 10.7 Å². The van der Waals surface area contributed by atoms with Crippen molar-refractivity contribution < 1.29 is 23.4 Å². The van der Waals surface area contributed by atoms with E-state index in [0.29, 0.717) is 66.4 Å². The van der Waals surface area contributed by atoms with Crippen LogP contribution in [0.5, 0.6) is 0 Å². The molecule has 1 saturated heterocycles. The lowest BCUT2D eigenvalue weighted by Crippen LogP contribution is -2.46. The van der Waals surface area contributed by atoms with Gasteiger partial charge in [0.15, 0.2) is 12.6 Å². The van der Waals surface area contributed by atoms with E-state index >= 15 is 0 Å². The van der Waals surface area contributed by atoms with Gasteiger partial charge >= 0.3 is 0 Å². The van der Waals surface area contributed by atoms with E-state index in [4.69, 9.17) is 9.97 Å². The van der Waals surface area contributed by atoms with Crippen molar-refractivity contribution >= 4 is 16.9 Å². The summed E-state index contributed by atoms with van der Waals surface area (Å²) in [5.74, 6) is -0.626. The Bertz CT molecular complexity index is 1450. The first-order chi connectivity index (χ1) is 18.1. The van der Waals surface area contributed by atoms with Gasteiger partial charge in [0.05, 0.1) is 29.2 Å². The number of pyridine rings is 1. The van der Waals surface area contributed by atoms with Crippen LogP contribution in [-0.4, -0.2) is 71.6 Å². The molecule has 1 aromatic carbocycles. The number of halogens is 3. The average Bonchev–Trinajstić information content (AvgIpc) is 3.38. The van der Waals surface area contributed by atoms with Crippen LogP contribution in [0, 0.1) is 11.6 Å². The Morgan fingerprint density at radius 1 is 1.03 bits per heavy atom. The number of anilines is 1. The predicted molar refractivity (Wildman–Crippen MR) is 135 cm³/mol. The Balaban J connectivity index is 1.46. The number of aromatic nitrogens is 5. The first-order valence-corrected chi connectivity index (χ1v) is 12.2. The summed E-state index contributed by atoms with van der Waals surface area (Å²) in [4.78, 5) is 18.0. The molecule has 0 spiro atoms. The molecule has 0 saturated carbocycles. The van der Waals surface area contributed by atoms with Crippen molar-refractivity contribution in [1.82, 2.24) is 29.6 Å². The molecule has 1 fully saturated rings. The molecule has 3 aromatic heterocycles. The lowest BCUT2D eigenvalue weighted by Gasteiger charge is -2.36. The van der Waals surface area contributed by atoms with Crippen LogP contribution in [0.15, 0.2) is 42.9 Å². The normalized spacial score (nSPS) is 15.8. The lowest BCUT2D eigenvalue weighted by atomic mass is 9.98. The molecule has 12 heteroatoms. The molecule has 4 heterocycles. The zero-order valence-corrected chi connectivity index (χ0v) is 21.0. The second kappa shape index (κ2) is 10.3. The molecule has 2 N–H and O–H groups in total. The van der Waals surface area contributed by atoms with Crippen LogP contribution in [0.3, 0.4) is 0 Å². The van der Waals surface area contributed by atoms with E-state index in [1.54, 1.807) is 12.3 Å². The molecule has 0 unspecified atom stereocenters. The third kappa shape index (κ3) is 5.33. The van der Waals surface area contributed by atoms with Gasteiger partial charge < -0.3 is 15.1 Å². The van der Waals surface area contributed by atoms with Gasteiger partial charge in [0.1, 0.15) is 28.9 Å². The highest BCUT2D eigenvalue weighted by molar-refractivity contribution is 5.83. The van der Waals surface area contributed by atoms with E-state index in [2.05, 4.69) is 15.0 Å². The van der Waals surface area contributed by atoms with Crippen LogP contribution in [-0.2, 0) is 13.3 Å². The fourth-order valence-corrected chi connectivity index (χ4v) is 4.45. The number of fused-ring (bicyclic) bond motifs is 1. The number of hydrogen-bond donors (Lipinski definition) is 2. The molecular formula is C26H28F3N7O2. The molecule has 1 aliphatic heterocycles. The summed E-state index contributed by atoms with van der Waals surface area (Å²) in [6.07, 6.45) is 3.32. The quantitative estimate of drug-likeness (QED) is 0.378. The molecular weight excluding hydrogens is 499 g/mol. The fourth-order valence-electron chi connectivity index (χ4n) is 4.45. The van der Waals surface area contributed by atoms with Crippen molar-refractivity contribution in [3.05, 3.63) is 65.7 Å². The van der Waals surface area contributed by atoms with Crippen molar-refractivity contribution in [2.24, 2.45) is 0 Å². The van der Waals surface area contributed by atoms with E-state index in [1.165, 1.54) is 38.4 Å². The highest BCUT2D eigenvalue weighted by Crippen LogP contribution is 2.32. The molecule has 38 heavy (non-hydrogen) atoms. The third-order valence-electron chi connectivity index (χ3n) is 6.61. The highest BCUT2D eigenvalue weighted by atomic mass is 19.1. The molecule has 0 radical (unpaired) electrons. The van der Waals surface area contributed by atoms with Gasteiger partial charge in [0.2, 0.25) is 0 Å². The van der Waals surface area contributed by atoms with E-state index < -0.39 is 30.1 Å². The average molecular weight is 528 g/mol. The van der Waals surface area contributed by atoms with Crippen molar-refractivity contribution in [3.8, 4) is 11.3 Å². The van der Waals surface area contributed by atoms with Gasteiger partial charge in [-0.2, -0.15) is 5.10 Å². The summed E-state index contributed by atoms with van der Waals surface area (Å²) in [6.45, 7) is 4.84. The van der Waals surface area contributed by atoms with E-state index in [1.807, 2.05) is 4.90 Å². The minimum absolute atomic E-state index is 0.259. The van der Waals surface area contributed by atoms with Crippen LogP contribution in [0.1, 0.15) is 31.2 Å². The van der Waals surface area contributed by atoms with Crippen LogP contribution >= 0.6 is 0 Å². The summed E-state index contributed by atoms with van der Waals surface area (Å²) in [5.41, 5.74) is 1.32. The second-order valence-corrected chi connectivity index (χ2v) is 9.94. The maximum Gasteiger partial charge on any atom is 0.181 e. The second-order valence-electron chi connectivity index (χ2n) is 9.94. The Morgan fingerprint density at radius 3 is 2.45 bits per heavy atom. The Hall–Kier alpha value is -3.61. The Labute approximate surface area is 217 Å². The molecule has 1 atom stereocenters. The zero-order chi connectivity index (χ0) is 27.0. The van der Waals surface area contributed by atoms with Crippen LogP contribution in [0.25, 0.3) is 22.3 Å². The Kier molecular flexibility index (Phi) is 7.03. The number of hydrogen-bond acceptors (Lipinski definition) is 8. The zero-order valence-electron chi connectivity index (χ0n) is 21.0. The van der Waals surface area contributed by atoms with Gasteiger partial charge in [0.25, 0.3) is 0 Å². The van der Waals surface area contributed by atoms with Crippen LogP contribution in [0.4, 0.5) is 19.0 Å². The topological polar surface area (TPSA) is 103 Å². The van der Waals surface area contributed by atoms with Crippen molar-refractivity contribution in [2.45, 2.75) is 38.9 Å². The van der Waals surface area contributed by atoms with Crippen LogP contribution < -0.4 is 4.90 Å². The SMILES string of the molecule is CC(C)(O)[C@@H](O)c1cc2nc(N3CCN(Cc4ccc(F)cc4F)CC3)c(-c3cnn(CF)c3)nc2cn1. The number of nitrogens with zero attached hydrogens (tertiary/aromatic N) is 7. The standard InChI is InChI=1S/C26H28F3N7O2/c1-26(2,38)24(37)21-10-20-22(12-30-21)32-23(17-11-31-36(14-17)15-27)25(33-20)35-7-5-34(6-8-35)13-16-3-4-18(28)9-19(16)29/h3-4,9-12,14,24,37-38H,5-8,13,15H2,1-2H3/t24-/m0/s1. The number of piperazine rings is 1. The van der Waals surface area contributed by atoms with Gasteiger partial charge in [-0.25, -0.2) is 27.8 Å². The number of rotatable bonds is 7. The van der Waals surface area contributed by atoms with Gasteiger partial charge in [-0.1, -0.05) is 6.07 Å². The summed E-state index contributed by atoms with van der Waals surface area (Å²) in [6, 6.07) is 5.19. The van der Waals surface area contributed by atoms with Crippen molar-refractivity contribution in [2.75, 3.05) is 31.1 Å². The number of aliphatic hydroxyl groups is 2. The van der Waals surface area contributed by atoms with Crippen LogP contribution in [0.2, 0.25) is 0 Å². The maximum absolute atomic E-state index is 14.2. The molecule has 4 aromatic rings. The van der Waals surface area contributed by atoms with Gasteiger partial charge in [0, 0.05) is 56.1 Å². The van der Waals surface area contributed by atoms with E-state index in [9.17, 15) is 23.4 Å². The maximum atomic E-state index is 14.2. The fraction of sp³-hybridized carbons (Fsp3) is 0.385. The molecule has 0 aliphatic carbocycles. The Morgan fingerprint density at radius 2 is 1.79 bits per heavy atom. The summed E-state index contributed by atoms with van der Waals surface area (Å²) in [7, 11) is 0. The first kappa shape index (κ1) is 26.0. The highest BCUT2D eigenvalue weighted by Gasteiger charge is 2.29. The molecule has 9 nitrogen and oxygen atoms in total. The predicted octanol–water partition coefficient (Wildman–Crippen LogP) is 3.22. The summed E-state index contributed by atoms with van der Waals surface area (Å²) >= 11 is 0. The molecule has 1 aliphatic rings. The monoisotopic (exact) mass is 527 g/mol. The summed E-state index contributed by atoms with van der Waals surface area (Å²) < 4.78 is 41.8. The van der Waals surface area contributed by atoms with E-state index in [-0.39, 0.29) is 5.69 Å². The minimum Gasteiger partial charge on any atom is -0.387 e. The first-order valence-electron chi connectivity index (χ1n) is 12.2. The molecule has 200 valence electrons. The lowest BCUT2D eigenvalue weighted by molar-refractivity contribution is -0.0516. The third-order valence-corrected chi connectivity index (χ3v) is 6.61. The molecule has 0 amide bonds. The summed E-state index contributed by atoms with van der Waals surface area (Å²) in [5, 5.41) is 24.8. The molecule has 5 rings (SSSR count). The number of alkyl halides is 1. The van der Waals surface area contributed by atoms with Gasteiger partial charge in [-0.05, 0) is 26.0 Å². The number of aliphatic hydroxyl groups excluding tert-OH is 1. The smallest absolute Gasteiger partial charge is 0.181 e. The van der Waals surface area contributed by atoms with Crippen molar-refractivity contribution in [3.63, 3.8) is 0 Å². The molecule has 0 bridgehead atoms. The van der Waals surface area contributed by atoms with Gasteiger partial charge in [-0.3, -0.25) is 9.88 Å². The number of benzene rings is 1. The van der Waals surface area contributed by atoms with Gasteiger partial charge in [-0.15, -0.1) is 0 Å². The minimum atomic E-state index is -1.40. The largest absolute Gasteiger partial charge is 0.387 e. The van der Waals surface area contributed by atoms with Crippen molar-refractivity contribution in [1.29, 1.82) is 0 Å².